The molecule has 0 bridgehead atoms. The summed E-state index contributed by atoms with van der Waals surface area (Å²) in [6.07, 6.45) is 8.33. The Balaban J connectivity index is 1.83. The van der Waals surface area contributed by atoms with Gasteiger partial charge in [0.05, 0.1) is 35.4 Å². The Hall–Kier alpha value is -5.18. The average Bonchev–Trinajstić information content (AvgIpc) is 3.23. The van der Waals surface area contributed by atoms with Crippen molar-refractivity contribution >= 4 is 68.7 Å². The molecule has 5 atom stereocenters. The maximum Gasteiger partial charge on any atom is 0.335 e. The third kappa shape index (κ3) is 13.9. The Morgan fingerprint density at radius 1 is 0.951 bits per heavy atom. The summed E-state index contributed by atoms with van der Waals surface area (Å²) < 4.78 is 26.7. The summed E-state index contributed by atoms with van der Waals surface area (Å²) in [4.78, 5) is 113. The van der Waals surface area contributed by atoms with E-state index in [0.717, 1.165) is 44.2 Å². The predicted octanol–water partition coefficient (Wildman–Crippen LogP) is 1.91. The quantitative estimate of drug-likeness (QED) is 0.0920. The molecule has 1 aliphatic rings. The molecule has 0 saturated heterocycles. The Kier molecular flexibility index (Phi) is 19.0. The fourth-order valence-corrected chi connectivity index (χ4v) is 8.68. The van der Waals surface area contributed by atoms with Crippen LogP contribution in [0.5, 0.6) is 0 Å². The van der Waals surface area contributed by atoms with Crippen molar-refractivity contribution in [3.8, 4) is 0 Å². The summed E-state index contributed by atoms with van der Waals surface area (Å²) >= 11 is 6.02. The van der Waals surface area contributed by atoms with Gasteiger partial charge < -0.3 is 32.5 Å². The molecule has 1 aromatic carbocycles. The highest BCUT2D eigenvalue weighted by Gasteiger charge is 2.41. The van der Waals surface area contributed by atoms with Crippen LogP contribution >= 0.6 is 11.6 Å². The molecule has 1 heterocycles. The number of carboxylic acid groups (broad SMARTS) is 1. The van der Waals surface area contributed by atoms with E-state index in [2.05, 4.69) is 25.9 Å². The number of aromatic nitrogens is 2. The zero-order valence-corrected chi connectivity index (χ0v) is 36.2. The van der Waals surface area contributed by atoms with Crippen LogP contribution in [0.4, 0.5) is 0 Å². The van der Waals surface area contributed by atoms with E-state index in [1.54, 1.807) is 6.92 Å². The molecule has 5 amide bonds. The number of nitrogens with zero attached hydrogens (tertiary/aromatic N) is 3. The highest BCUT2D eigenvalue weighted by Crippen LogP contribution is 2.29. The summed E-state index contributed by atoms with van der Waals surface area (Å²) in [5.41, 5.74) is 10.9. The second-order valence-corrected chi connectivity index (χ2v) is 17.7. The van der Waals surface area contributed by atoms with E-state index in [9.17, 15) is 51.9 Å². The van der Waals surface area contributed by atoms with Gasteiger partial charge in [-0.1, -0.05) is 77.8 Å². The van der Waals surface area contributed by atoms with Crippen molar-refractivity contribution in [3.05, 3.63) is 53.1 Å². The topological polar surface area (TPSA) is 308 Å². The van der Waals surface area contributed by atoms with E-state index in [0.29, 0.717) is 12.5 Å². The van der Waals surface area contributed by atoms with Gasteiger partial charge in [0.1, 0.15) is 22.7 Å². The zero-order chi connectivity index (χ0) is 45.6. The Labute approximate surface area is 359 Å². The first-order valence-corrected chi connectivity index (χ1v) is 21.9. The SMILES string of the molecule is CC[C@H](C)[C@H](NC(=O)[C@H](CC(C)C)NC(=O)c1cnccn1)C(=O)N[C@@H](CC1CCCCC1)C(=O)CCC(N)C(=O)C(=O)N(C(=O)CN)S(=O)(=O)c1cc(C(=O)O)ccc1Cl. The second kappa shape index (κ2) is 23.2. The molecule has 2 aromatic rings. The number of sulfonamides is 1. The lowest BCUT2D eigenvalue weighted by atomic mass is 9.83. The van der Waals surface area contributed by atoms with Crippen molar-refractivity contribution < 1.29 is 51.9 Å². The van der Waals surface area contributed by atoms with Gasteiger partial charge in [0.2, 0.25) is 17.6 Å². The van der Waals surface area contributed by atoms with Crippen molar-refractivity contribution in [2.24, 2.45) is 29.2 Å². The molecule has 21 heteroatoms. The number of carboxylic acids is 1. The van der Waals surface area contributed by atoms with Gasteiger partial charge in [-0.15, -0.1) is 0 Å². The third-order valence-electron chi connectivity index (χ3n) is 10.4. The first-order chi connectivity index (χ1) is 28.7. The molecule has 334 valence electrons. The Morgan fingerprint density at radius 2 is 1.62 bits per heavy atom. The van der Waals surface area contributed by atoms with Crippen LogP contribution in [0, 0.1) is 17.8 Å². The van der Waals surface area contributed by atoms with Gasteiger partial charge in [0.15, 0.2) is 5.78 Å². The van der Waals surface area contributed by atoms with Gasteiger partial charge in [-0.2, -0.15) is 4.31 Å². The molecule has 1 saturated carbocycles. The van der Waals surface area contributed by atoms with Gasteiger partial charge in [-0.25, -0.2) is 18.2 Å². The number of imide groups is 1. The number of carbonyl (C=O) groups is 8. The van der Waals surface area contributed by atoms with E-state index in [-0.39, 0.29) is 30.4 Å². The van der Waals surface area contributed by atoms with Gasteiger partial charge in [-0.3, -0.25) is 38.5 Å². The van der Waals surface area contributed by atoms with Crippen molar-refractivity contribution in [2.45, 2.75) is 121 Å². The number of aromatic carboxylic acids is 1. The largest absolute Gasteiger partial charge is 0.478 e. The first kappa shape index (κ1) is 50.2. The second-order valence-electron chi connectivity index (χ2n) is 15.5. The number of benzene rings is 1. The highest BCUT2D eigenvalue weighted by molar-refractivity contribution is 7.90. The number of nitrogens with two attached hydrogens (primary N) is 2. The van der Waals surface area contributed by atoms with Crippen molar-refractivity contribution in [2.75, 3.05) is 6.54 Å². The molecule has 61 heavy (non-hydrogen) atoms. The number of rotatable bonds is 22. The number of Topliss-reactive ketones (excluding diaryl/α,β-unsaturated/α-hetero) is 2. The van der Waals surface area contributed by atoms with E-state index < -0.39 is 126 Å². The fraction of sp³-hybridized carbons (Fsp3) is 0.550. The fourth-order valence-electron chi connectivity index (χ4n) is 6.83. The van der Waals surface area contributed by atoms with Crippen LogP contribution < -0.4 is 27.4 Å². The summed E-state index contributed by atoms with van der Waals surface area (Å²) in [6.45, 7) is 6.23. The monoisotopic (exact) mass is 890 g/mol. The molecule has 3 rings (SSSR count). The molecule has 19 nitrogen and oxygen atoms in total. The number of hydrogen-bond acceptors (Lipinski definition) is 14. The minimum atomic E-state index is -5.30. The molecule has 8 N–H and O–H groups in total. The van der Waals surface area contributed by atoms with Crippen LogP contribution in [0.2, 0.25) is 5.02 Å². The summed E-state index contributed by atoms with van der Waals surface area (Å²) in [5.74, 6) is -9.47. The molecule has 1 fully saturated rings. The van der Waals surface area contributed by atoms with E-state index in [1.807, 2.05) is 20.8 Å². The van der Waals surface area contributed by atoms with Gasteiger partial charge in [0, 0.05) is 18.8 Å². The zero-order valence-electron chi connectivity index (χ0n) is 34.6. The number of halogens is 1. The predicted molar refractivity (Wildman–Crippen MR) is 221 cm³/mol. The molecule has 1 unspecified atom stereocenters. The van der Waals surface area contributed by atoms with Crippen LogP contribution in [0.15, 0.2) is 41.7 Å². The maximum atomic E-state index is 14.1. The molecule has 1 aromatic heterocycles. The lowest BCUT2D eigenvalue weighted by Gasteiger charge is -2.30. The third-order valence-corrected chi connectivity index (χ3v) is 12.6. The minimum Gasteiger partial charge on any atom is -0.478 e. The van der Waals surface area contributed by atoms with Crippen molar-refractivity contribution in [1.29, 1.82) is 0 Å². The lowest BCUT2D eigenvalue weighted by molar-refractivity contribution is -0.147. The number of nitrogens with one attached hydrogen (secondary N) is 3. The highest BCUT2D eigenvalue weighted by atomic mass is 35.5. The van der Waals surface area contributed by atoms with Crippen LogP contribution in [-0.2, 0) is 38.8 Å². The molecule has 0 aliphatic heterocycles. The standard InChI is InChI=1S/C40H55ClN8O11S/c1-5-23(4)34(48-36(53)29(17-22(2)3)47-37(54)30-21-44-15-16-45-30)38(55)46-28(18-24-9-7-6-8-10-24)31(50)14-13-27(43)35(52)39(56)49(33(51)20-42)61(59,60)32-19-25(40(57)58)11-12-26(32)41/h11-12,15-16,19,21-24,27-29,34H,5-10,13-14,17-18,20,42-43H2,1-4H3,(H,46,55)(H,47,54)(H,48,53)(H,57,58)/t23-,27?,28-,29-,34-/m0/s1. The number of carbonyl (C=O) groups excluding carboxylic acids is 7. The van der Waals surface area contributed by atoms with E-state index >= 15 is 0 Å². The summed E-state index contributed by atoms with van der Waals surface area (Å²) in [5, 5.41) is 17.0. The Bertz CT molecular complexity index is 2050. The van der Waals surface area contributed by atoms with E-state index in [1.165, 1.54) is 18.6 Å². The molecule has 0 spiro atoms. The molecule has 0 radical (unpaired) electrons. The van der Waals surface area contributed by atoms with Gasteiger partial charge in [-0.05, 0) is 55.2 Å². The number of hydrogen-bond donors (Lipinski definition) is 6. The van der Waals surface area contributed by atoms with E-state index in [4.69, 9.17) is 23.1 Å². The lowest BCUT2D eigenvalue weighted by Crippen LogP contribution is -2.58. The number of ketones is 2. The molecular formula is C40H55ClN8O11S. The molecular weight excluding hydrogens is 836 g/mol. The molecule has 1 aliphatic carbocycles. The van der Waals surface area contributed by atoms with Crippen molar-refractivity contribution in [3.63, 3.8) is 0 Å². The van der Waals surface area contributed by atoms with Gasteiger partial charge >= 0.3 is 11.9 Å². The average molecular weight is 891 g/mol. The summed E-state index contributed by atoms with van der Waals surface area (Å²) in [6, 6.07) is -2.60. The van der Waals surface area contributed by atoms with Crippen LogP contribution in [0.25, 0.3) is 0 Å². The minimum absolute atomic E-state index is 0.00490. The normalized spacial score (nSPS) is 15.7. The smallest absolute Gasteiger partial charge is 0.335 e. The maximum absolute atomic E-state index is 14.1. The van der Waals surface area contributed by atoms with Crippen molar-refractivity contribution in [1.82, 2.24) is 30.2 Å². The van der Waals surface area contributed by atoms with Crippen LogP contribution in [-0.4, -0.2) is 106 Å². The van der Waals surface area contributed by atoms with Crippen LogP contribution in [0.1, 0.15) is 113 Å². The van der Waals surface area contributed by atoms with Crippen LogP contribution in [0.3, 0.4) is 0 Å². The summed E-state index contributed by atoms with van der Waals surface area (Å²) in [7, 11) is -5.30. The Morgan fingerprint density at radius 3 is 2.20 bits per heavy atom. The first-order valence-electron chi connectivity index (χ1n) is 20.1. The number of amides is 5. The van der Waals surface area contributed by atoms with Gasteiger partial charge in [0.25, 0.3) is 21.8 Å².